The summed E-state index contributed by atoms with van der Waals surface area (Å²) < 4.78 is 5.82. The number of hydrogen-bond acceptors (Lipinski definition) is 6. The number of primary amides is 2. The Kier molecular flexibility index (Phi) is 15.6. The summed E-state index contributed by atoms with van der Waals surface area (Å²) in [6.45, 7) is 8.16. The van der Waals surface area contributed by atoms with Crippen LogP contribution >= 0.6 is 69.0 Å². The van der Waals surface area contributed by atoms with E-state index >= 15 is 0 Å². The third kappa shape index (κ3) is 10.4. The van der Waals surface area contributed by atoms with Crippen LogP contribution < -0.4 is 26.8 Å². The van der Waals surface area contributed by atoms with Gasteiger partial charge in [0, 0.05) is 44.0 Å². The predicted octanol–water partition coefficient (Wildman–Crippen LogP) is 10.1. The molecule has 10 atom stereocenters. The van der Waals surface area contributed by atoms with Gasteiger partial charge >= 0.3 is 0 Å². The topological polar surface area (TPSA) is 174 Å². The molecule has 10 nitrogen and oxygen atoms in total. The number of nitrogens with two attached hydrogens (primary N) is 2. The summed E-state index contributed by atoms with van der Waals surface area (Å²) in [6.07, 6.45) is 3.31. The molecule has 0 bridgehead atoms. The first-order valence-corrected chi connectivity index (χ1v) is 24.0. The van der Waals surface area contributed by atoms with E-state index in [-0.39, 0.29) is 83.1 Å². The van der Waals surface area contributed by atoms with Gasteiger partial charge in [-0.25, -0.2) is 0 Å². The molecule has 8 rings (SSSR count). The molecule has 4 aromatic carbocycles. The van der Waals surface area contributed by atoms with Crippen molar-refractivity contribution in [1.82, 2.24) is 10.6 Å². The Bertz CT molecular complexity index is 2340. The molecule has 336 valence electrons. The van der Waals surface area contributed by atoms with Gasteiger partial charge in [0.15, 0.2) is 6.61 Å². The first kappa shape index (κ1) is 48.7. The van der Waals surface area contributed by atoms with Crippen LogP contribution in [0.5, 0.6) is 11.5 Å². The molecule has 2 aliphatic carbocycles. The van der Waals surface area contributed by atoms with Crippen molar-refractivity contribution < 1.29 is 29.0 Å². The van der Waals surface area contributed by atoms with Gasteiger partial charge in [0.05, 0.1) is 15.3 Å². The standard InChI is InChI=1S/C24H26Cl2N2O3.C22H23Cl2NO2.C2H4INO/c1-13-22-21(14-3-5-15(25)6-4-14)18(9-10-24(22,2)23(30)28-13)17-8-7-16(11-19(17)26)31-12-20(27)29;1-12-20-19(13-3-5-14(23)6-4-13)17(9-10-22(20,2)21(27)25-12)16-8-7-15(26)11-18(16)24;3-1-2(4)5/h3-8,11,13,18,21-22H,9-10,12H2,1-2H3,(H2,27,29)(H,28,30);3-8,11-12,17,19-20,26H,9-10H2,1-2H3,(H,25,27);1H2,(H2,4,5)/t13-,18+,21+,22+,24-;12-,17+,19+,20+,22-;/m11./s1. The van der Waals surface area contributed by atoms with Gasteiger partial charge in [0.1, 0.15) is 11.5 Å². The van der Waals surface area contributed by atoms with E-state index in [1.807, 2.05) is 65.1 Å². The molecule has 7 N–H and O–H groups in total. The van der Waals surface area contributed by atoms with Crippen LogP contribution in [-0.4, -0.2) is 51.9 Å². The maximum absolute atomic E-state index is 12.8. The van der Waals surface area contributed by atoms with Crippen LogP contribution in [0.4, 0.5) is 0 Å². The van der Waals surface area contributed by atoms with Gasteiger partial charge in [0.25, 0.3) is 5.91 Å². The van der Waals surface area contributed by atoms with Gasteiger partial charge in [-0.1, -0.05) is 119 Å². The number of carbonyl (C=O) groups is 4. The smallest absolute Gasteiger partial charge is 0.255 e. The number of hydrogen-bond donors (Lipinski definition) is 5. The molecule has 2 heterocycles. The average Bonchev–Trinajstić information content (AvgIpc) is 3.61. The first-order valence-electron chi connectivity index (χ1n) is 20.9. The van der Waals surface area contributed by atoms with Crippen LogP contribution in [-0.2, 0) is 19.2 Å². The molecular formula is C48H53Cl4IN4O6. The van der Waals surface area contributed by atoms with E-state index in [0.29, 0.717) is 30.3 Å². The van der Waals surface area contributed by atoms with E-state index in [1.54, 1.807) is 18.2 Å². The van der Waals surface area contributed by atoms with Crippen molar-refractivity contribution in [2.75, 3.05) is 11.0 Å². The Morgan fingerprint density at radius 1 is 0.698 bits per heavy atom. The minimum Gasteiger partial charge on any atom is -0.508 e. The minimum absolute atomic E-state index is 0.0536. The molecule has 4 aromatic rings. The molecule has 15 heteroatoms. The lowest BCUT2D eigenvalue weighted by atomic mass is 9.56. The zero-order valence-electron chi connectivity index (χ0n) is 35.5. The molecule has 63 heavy (non-hydrogen) atoms. The van der Waals surface area contributed by atoms with Crippen LogP contribution in [0.15, 0.2) is 84.9 Å². The molecule has 2 aliphatic heterocycles. The highest BCUT2D eigenvalue weighted by Gasteiger charge is 2.59. The normalized spacial score (nSPS) is 29.3. The number of halogens is 5. The summed E-state index contributed by atoms with van der Waals surface area (Å²) in [5.41, 5.74) is 13.4. The number of aromatic hydroxyl groups is 1. The highest BCUT2D eigenvalue weighted by atomic mass is 127. The molecular weight excluding hydrogens is 997 g/mol. The fourth-order valence-electron chi connectivity index (χ4n) is 10.9. The molecule has 2 saturated carbocycles. The third-order valence-electron chi connectivity index (χ3n) is 13.7. The fraction of sp³-hybridized carbons (Fsp3) is 0.417. The lowest BCUT2D eigenvalue weighted by molar-refractivity contribution is -0.130. The monoisotopic (exact) mass is 1050 g/mol. The lowest BCUT2D eigenvalue weighted by Gasteiger charge is -2.46. The van der Waals surface area contributed by atoms with E-state index in [9.17, 15) is 24.3 Å². The number of ether oxygens (including phenoxy) is 1. The molecule has 0 aromatic heterocycles. The van der Waals surface area contributed by atoms with Crippen LogP contribution in [0, 0.1) is 22.7 Å². The van der Waals surface area contributed by atoms with Crippen molar-refractivity contribution in [2.24, 2.45) is 34.1 Å². The third-order valence-corrected chi connectivity index (χ3v) is 15.6. The van der Waals surface area contributed by atoms with E-state index in [0.717, 1.165) is 42.4 Å². The summed E-state index contributed by atoms with van der Waals surface area (Å²) in [5, 5.41) is 18.6. The summed E-state index contributed by atoms with van der Waals surface area (Å²) in [6, 6.07) is 26.7. The number of nitrogens with one attached hydrogen (secondary N) is 2. The van der Waals surface area contributed by atoms with Gasteiger partial charge in [-0.05, 0) is 134 Å². The second-order valence-electron chi connectivity index (χ2n) is 17.6. The number of carbonyl (C=O) groups excluding carboxylic acids is 4. The van der Waals surface area contributed by atoms with E-state index < -0.39 is 11.3 Å². The molecule has 4 aliphatic rings. The van der Waals surface area contributed by atoms with Crippen molar-refractivity contribution >= 4 is 92.6 Å². The number of benzene rings is 4. The van der Waals surface area contributed by atoms with Crippen molar-refractivity contribution in [3.63, 3.8) is 0 Å². The quantitative estimate of drug-likeness (QED) is 0.0868. The largest absolute Gasteiger partial charge is 0.508 e. The summed E-state index contributed by atoms with van der Waals surface area (Å²) in [4.78, 5) is 46.2. The van der Waals surface area contributed by atoms with Gasteiger partial charge < -0.3 is 31.9 Å². The number of alkyl halides is 1. The summed E-state index contributed by atoms with van der Waals surface area (Å²) in [7, 11) is 0. The molecule has 0 unspecified atom stereocenters. The number of phenols is 1. The van der Waals surface area contributed by atoms with Crippen LogP contribution in [0.1, 0.15) is 99.3 Å². The fourth-order valence-corrected chi connectivity index (χ4v) is 11.8. The SMILES string of the molecule is C[C@H]1NC(=O)[C@]2(C)CC[C@@H](c3ccc(O)cc3Cl)[C@H](c3ccc(Cl)cc3)[C@H]12.C[C@H]1NC(=O)[C@]2(C)CC[C@@H](c3ccc(OCC(N)=O)cc3Cl)[C@H](c3ccc(Cl)cc3)[C@H]12.NC(=O)CI. The maximum Gasteiger partial charge on any atom is 0.255 e. The molecule has 0 radical (unpaired) electrons. The van der Waals surface area contributed by atoms with Gasteiger partial charge in [-0.3, -0.25) is 19.2 Å². The van der Waals surface area contributed by atoms with Crippen LogP contribution in [0.3, 0.4) is 0 Å². The van der Waals surface area contributed by atoms with Crippen molar-refractivity contribution in [3.05, 3.63) is 127 Å². The highest BCUT2D eigenvalue weighted by Crippen LogP contribution is 2.60. The Hall–Kier alpha value is -3.75. The van der Waals surface area contributed by atoms with Crippen molar-refractivity contribution in [1.29, 1.82) is 0 Å². The molecule has 0 spiro atoms. The summed E-state index contributed by atoms with van der Waals surface area (Å²) in [5.74, 6) is 0.972. The average molecular weight is 1050 g/mol. The van der Waals surface area contributed by atoms with Crippen molar-refractivity contribution in [3.8, 4) is 11.5 Å². The van der Waals surface area contributed by atoms with Crippen LogP contribution in [0.25, 0.3) is 0 Å². The number of amides is 4. The Morgan fingerprint density at radius 3 is 1.49 bits per heavy atom. The first-order chi connectivity index (χ1) is 29.8. The maximum atomic E-state index is 12.8. The lowest BCUT2D eigenvalue weighted by Crippen LogP contribution is -2.42. The molecule has 4 fully saturated rings. The Balaban J connectivity index is 0.000000191. The van der Waals surface area contributed by atoms with Gasteiger partial charge in [0.2, 0.25) is 17.7 Å². The van der Waals surface area contributed by atoms with E-state index in [2.05, 4.69) is 68.3 Å². The van der Waals surface area contributed by atoms with Crippen LogP contribution in [0.2, 0.25) is 20.1 Å². The van der Waals surface area contributed by atoms with E-state index in [1.165, 1.54) is 5.56 Å². The second-order valence-corrected chi connectivity index (χ2v) is 20.0. The Labute approximate surface area is 402 Å². The molecule has 4 amide bonds. The highest BCUT2D eigenvalue weighted by molar-refractivity contribution is 14.1. The second kappa shape index (κ2) is 20.2. The molecule has 2 saturated heterocycles. The number of phenolic OH excluding ortho intramolecular Hbond substituents is 1. The number of fused-ring (bicyclic) bond motifs is 2. The van der Waals surface area contributed by atoms with Gasteiger partial charge in [-0.2, -0.15) is 0 Å². The zero-order chi connectivity index (χ0) is 46.0. The van der Waals surface area contributed by atoms with Crippen molar-refractivity contribution in [2.45, 2.75) is 89.1 Å². The Morgan fingerprint density at radius 2 is 1.11 bits per heavy atom. The van der Waals surface area contributed by atoms with E-state index in [4.69, 9.17) is 56.9 Å². The summed E-state index contributed by atoms with van der Waals surface area (Å²) >= 11 is 27.4. The predicted molar refractivity (Wildman–Crippen MR) is 258 cm³/mol. The van der Waals surface area contributed by atoms with Gasteiger partial charge in [-0.15, -0.1) is 0 Å². The minimum atomic E-state index is -0.540. The number of rotatable bonds is 8. The zero-order valence-corrected chi connectivity index (χ0v) is 40.7.